The van der Waals surface area contributed by atoms with Crippen LogP contribution < -0.4 is 10.9 Å². The Morgan fingerprint density at radius 1 is 1.45 bits per heavy atom. The number of aromatic nitrogens is 2. The summed E-state index contributed by atoms with van der Waals surface area (Å²) in [5.74, 6) is 1.97. The molecule has 0 atom stereocenters. The molecule has 5 nitrogen and oxygen atoms in total. The third kappa shape index (κ3) is 3.82. The lowest BCUT2D eigenvalue weighted by Gasteiger charge is -2.36. The van der Waals surface area contributed by atoms with Gasteiger partial charge in [0.15, 0.2) is 0 Å². The summed E-state index contributed by atoms with van der Waals surface area (Å²) in [6, 6.07) is 1.44. The topological polar surface area (TPSA) is 78.0 Å². The first-order valence-electron chi connectivity index (χ1n) is 7.61. The van der Waals surface area contributed by atoms with E-state index in [4.69, 9.17) is 0 Å². The first-order valence-corrected chi connectivity index (χ1v) is 7.61. The van der Waals surface area contributed by atoms with Gasteiger partial charge in [-0.25, -0.2) is 4.98 Å². The van der Waals surface area contributed by atoms with E-state index in [1.165, 1.54) is 12.5 Å². The van der Waals surface area contributed by atoms with Crippen molar-refractivity contribution in [3.63, 3.8) is 0 Å². The monoisotopic (exact) mass is 279 g/mol. The molecule has 3 N–H and O–H groups in total. The van der Waals surface area contributed by atoms with Gasteiger partial charge in [-0.2, -0.15) is 0 Å². The molecule has 5 heteroatoms. The Labute approximate surface area is 119 Å². The van der Waals surface area contributed by atoms with Crippen molar-refractivity contribution in [1.29, 1.82) is 0 Å². The van der Waals surface area contributed by atoms with Gasteiger partial charge < -0.3 is 15.4 Å². The smallest absolute Gasteiger partial charge is 0.252 e. The van der Waals surface area contributed by atoms with Gasteiger partial charge in [0, 0.05) is 19.0 Å². The van der Waals surface area contributed by atoms with Crippen LogP contribution in [0.2, 0.25) is 0 Å². The lowest BCUT2D eigenvalue weighted by Crippen LogP contribution is -2.40. The summed E-state index contributed by atoms with van der Waals surface area (Å²) in [4.78, 5) is 18.5. The minimum absolute atomic E-state index is 0.152. The second-order valence-electron chi connectivity index (χ2n) is 5.86. The molecule has 0 unspecified atom stereocenters. The molecule has 1 aliphatic carbocycles. The van der Waals surface area contributed by atoms with Crippen molar-refractivity contribution in [3.05, 3.63) is 22.2 Å². The summed E-state index contributed by atoms with van der Waals surface area (Å²) in [5.41, 5.74) is -0.816. The van der Waals surface area contributed by atoms with Crippen LogP contribution in [0.15, 0.2) is 10.9 Å². The van der Waals surface area contributed by atoms with Gasteiger partial charge in [0.05, 0.1) is 5.60 Å². The Bertz CT molecular complexity index is 490. The average molecular weight is 279 g/mol. The molecular weight excluding hydrogens is 254 g/mol. The summed E-state index contributed by atoms with van der Waals surface area (Å²) in [7, 11) is 0. The highest BCUT2D eigenvalue weighted by Crippen LogP contribution is 2.33. The molecule has 20 heavy (non-hydrogen) atoms. The van der Waals surface area contributed by atoms with E-state index in [2.05, 4.69) is 22.2 Å². The van der Waals surface area contributed by atoms with Crippen LogP contribution >= 0.6 is 0 Å². The Hall–Kier alpha value is -1.36. The highest BCUT2D eigenvalue weighted by atomic mass is 16.3. The molecule has 0 amide bonds. The predicted octanol–water partition coefficient (Wildman–Crippen LogP) is 2.08. The molecule has 0 saturated heterocycles. The summed E-state index contributed by atoms with van der Waals surface area (Å²) in [6.45, 7) is 4.62. The second-order valence-corrected chi connectivity index (χ2v) is 5.86. The number of H-pyrrole nitrogens is 1. The fourth-order valence-corrected chi connectivity index (χ4v) is 2.82. The minimum Gasteiger partial charge on any atom is -0.388 e. The van der Waals surface area contributed by atoms with Crippen molar-refractivity contribution in [2.24, 2.45) is 5.92 Å². The van der Waals surface area contributed by atoms with Crippen LogP contribution in [0.3, 0.4) is 0 Å². The van der Waals surface area contributed by atoms with E-state index in [1.807, 2.05) is 6.92 Å². The van der Waals surface area contributed by atoms with Gasteiger partial charge in [-0.3, -0.25) is 4.79 Å². The van der Waals surface area contributed by atoms with Crippen LogP contribution in [-0.2, 0) is 6.42 Å². The van der Waals surface area contributed by atoms with E-state index in [0.717, 1.165) is 31.6 Å². The molecule has 1 saturated carbocycles. The van der Waals surface area contributed by atoms with Gasteiger partial charge in [-0.1, -0.05) is 20.3 Å². The highest BCUT2D eigenvalue weighted by Gasteiger charge is 2.32. The van der Waals surface area contributed by atoms with Crippen molar-refractivity contribution in [2.75, 3.05) is 11.9 Å². The largest absolute Gasteiger partial charge is 0.388 e. The molecular formula is C15H25N3O2. The second kappa shape index (κ2) is 6.39. The fraction of sp³-hybridized carbons (Fsp3) is 0.733. The number of hydrogen-bond acceptors (Lipinski definition) is 4. The van der Waals surface area contributed by atoms with Crippen molar-refractivity contribution >= 4 is 5.82 Å². The zero-order chi connectivity index (χ0) is 14.6. The summed E-state index contributed by atoms with van der Waals surface area (Å²) in [5, 5.41) is 13.7. The number of nitrogens with one attached hydrogen (secondary N) is 2. The van der Waals surface area contributed by atoms with Crippen LogP contribution in [-0.4, -0.2) is 27.2 Å². The van der Waals surface area contributed by atoms with E-state index in [9.17, 15) is 9.90 Å². The van der Waals surface area contributed by atoms with Crippen LogP contribution in [0.1, 0.15) is 51.8 Å². The maximum absolute atomic E-state index is 11.5. The van der Waals surface area contributed by atoms with E-state index < -0.39 is 5.60 Å². The van der Waals surface area contributed by atoms with Crippen molar-refractivity contribution in [2.45, 2.75) is 58.0 Å². The zero-order valence-corrected chi connectivity index (χ0v) is 12.4. The molecule has 0 spiro atoms. The molecule has 2 rings (SSSR count). The molecule has 0 aromatic carbocycles. The quantitative estimate of drug-likeness (QED) is 0.771. The van der Waals surface area contributed by atoms with E-state index in [0.29, 0.717) is 24.6 Å². The molecule has 1 aliphatic rings. The highest BCUT2D eigenvalue weighted by molar-refractivity contribution is 5.33. The number of nitrogens with zero attached hydrogens (tertiary/aromatic N) is 1. The predicted molar refractivity (Wildman–Crippen MR) is 79.9 cm³/mol. The minimum atomic E-state index is -0.664. The lowest BCUT2D eigenvalue weighted by molar-refractivity contribution is 0.00222. The molecule has 0 radical (unpaired) electrons. The van der Waals surface area contributed by atoms with Gasteiger partial charge in [0.1, 0.15) is 11.6 Å². The van der Waals surface area contributed by atoms with Gasteiger partial charge >= 0.3 is 0 Å². The third-order valence-corrected chi connectivity index (χ3v) is 4.34. The zero-order valence-electron chi connectivity index (χ0n) is 12.4. The van der Waals surface area contributed by atoms with Crippen molar-refractivity contribution < 1.29 is 5.11 Å². The Morgan fingerprint density at radius 2 is 2.15 bits per heavy atom. The molecule has 1 aromatic heterocycles. The Balaban J connectivity index is 1.95. The molecule has 0 bridgehead atoms. The number of aromatic amines is 1. The normalized spacial score (nSPS) is 26.4. The van der Waals surface area contributed by atoms with Gasteiger partial charge in [-0.15, -0.1) is 0 Å². The van der Waals surface area contributed by atoms with Crippen molar-refractivity contribution in [1.82, 2.24) is 9.97 Å². The Kier molecular flexibility index (Phi) is 4.81. The number of rotatable bonds is 5. The molecule has 1 heterocycles. The molecule has 112 valence electrons. The van der Waals surface area contributed by atoms with E-state index in [-0.39, 0.29) is 5.56 Å². The standard InChI is InChI=1S/C15H25N3O2/c1-3-11-5-7-15(20,8-6-11)10-16-13-9-14(19)18-12(4-2)17-13/h9,11,20H,3-8,10H2,1-2H3,(H2,16,17,18,19). The fourth-order valence-electron chi connectivity index (χ4n) is 2.82. The number of anilines is 1. The van der Waals surface area contributed by atoms with Gasteiger partial charge in [0.25, 0.3) is 5.56 Å². The summed E-state index contributed by atoms with van der Waals surface area (Å²) < 4.78 is 0. The Morgan fingerprint density at radius 3 is 2.75 bits per heavy atom. The summed E-state index contributed by atoms with van der Waals surface area (Å²) >= 11 is 0. The number of aryl methyl sites for hydroxylation is 1. The first-order chi connectivity index (χ1) is 9.54. The maximum Gasteiger partial charge on any atom is 0.252 e. The number of hydrogen-bond donors (Lipinski definition) is 3. The SMILES string of the molecule is CCc1nc(NCC2(O)CCC(CC)CC2)cc(=O)[nH]1. The molecule has 1 fully saturated rings. The molecule has 1 aromatic rings. The first kappa shape index (κ1) is 15.0. The van der Waals surface area contributed by atoms with E-state index in [1.54, 1.807) is 0 Å². The van der Waals surface area contributed by atoms with Crippen LogP contribution in [0.25, 0.3) is 0 Å². The van der Waals surface area contributed by atoms with Crippen LogP contribution in [0, 0.1) is 5.92 Å². The third-order valence-electron chi connectivity index (χ3n) is 4.34. The molecule has 0 aliphatic heterocycles. The number of aliphatic hydroxyl groups is 1. The maximum atomic E-state index is 11.5. The van der Waals surface area contributed by atoms with Crippen LogP contribution in [0.5, 0.6) is 0 Å². The average Bonchev–Trinajstić information content (AvgIpc) is 2.45. The van der Waals surface area contributed by atoms with E-state index >= 15 is 0 Å². The van der Waals surface area contributed by atoms with Crippen LogP contribution in [0.4, 0.5) is 5.82 Å². The summed E-state index contributed by atoms with van der Waals surface area (Å²) in [6.07, 6.45) is 5.69. The van der Waals surface area contributed by atoms with Gasteiger partial charge in [-0.05, 0) is 31.6 Å². The van der Waals surface area contributed by atoms with Crippen molar-refractivity contribution in [3.8, 4) is 0 Å². The van der Waals surface area contributed by atoms with Gasteiger partial charge in [0.2, 0.25) is 0 Å². The lowest BCUT2D eigenvalue weighted by atomic mass is 9.78.